The average Bonchev–Trinajstić information content (AvgIpc) is 3.32. The molecule has 0 aliphatic rings. The van der Waals surface area contributed by atoms with Gasteiger partial charge in [-0.25, -0.2) is 0 Å². The van der Waals surface area contributed by atoms with Crippen LogP contribution in [-0.2, 0) is 11.3 Å². The molecule has 30 heavy (non-hydrogen) atoms. The Bertz CT molecular complexity index is 1040. The van der Waals surface area contributed by atoms with Crippen molar-refractivity contribution in [2.75, 3.05) is 12.4 Å². The van der Waals surface area contributed by atoms with Gasteiger partial charge in [0.25, 0.3) is 11.8 Å². The highest BCUT2D eigenvalue weighted by molar-refractivity contribution is 6.02. The van der Waals surface area contributed by atoms with Crippen LogP contribution >= 0.6 is 0 Å². The van der Waals surface area contributed by atoms with Crippen molar-refractivity contribution in [1.29, 1.82) is 0 Å². The van der Waals surface area contributed by atoms with Gasteiger partial charge in [0.05, 0.1) is 6.26 Å². The summed E-state index contributed by atoms with van der Waals surface area (Å²) < 4.78 is 5.05. The van der Waals surface area contributed by atoms with Crippen molar-refractivity contribution in [2.24, 2.45) is 0 Å². The van der Waals surface area contributed by atoms with Gasteiger partial charge >= 0.3 is 0 Å². The summed E-state index contributed by atoms with van der Waals surface area (Å²) in [6, 6.07) is 17.3. The largest absolute Gasteiger partial charge is 0.459 e. The third-order valence-electron chi connectivity index (χ3n) is 4.25. The lowest BCUT2D eigenvalue weighted by atomic mass is 10.1. The molecule has 3 N–H and O–H groups in total. The minimum atomic E-state index is -0.324. The van der Waals surface area contributed by atoms with Crippen molar-refractivity contribution in [3.63, 3.8) is 0 Å². The van der Waals surface area contributed by atoms with Crippen LogP contribution in [-0.4, -0.2) is 24.8 Å². The van der Waals surface area contributed by atoms with Gasteiger partial charge in [0.15, 0.2) is 5.76 Å². The lowest BCUT2D eigenvalue weighted by molar-refractivity contribution is -0.116. The number of rotatable bonds is 7. The van der Waals surface area contributed by atoms with E-state index in [-0.39, 0.29) is 23.5 Å². The van der Waals surface area contributed by atoms with E-state index in [1.54, 1.807) is 61.7 Å². The molecule has 3 amide bonds. The molecule has 0 fully saturated rings. The first-order chi connectivity index (χ1) is 14.5. The monoisotopic (exact) mass is 403 g/mol. The Balaban J connectivity index is 1.48. The first kappa shape index (κ1) is 20.6. The predicted molar refractivity (Wildman–Crippen MR) is 114 cm³/mol. The van der Waals surface area contributed by atoms with Gasteiger partial charge in [-0.1, -0.05) is 24.3 Å². The molecule has 7 heteroatoms. The van der Waals surface area contributed by atoms with E-state index >= 15 is 0 Å². The van der Waals surface area contributed by atoms with Crippen LogP contribution in [0.3, 0.4) is 0 Å². The molecule has 0 atom stereocenters. The minimum Gasteiger partial charge on any atom is -0.459 e. The first-order valence-electron chi connectivity index (χ1n) is 9.27. The van der Waals surface area contributed by atoms with Crippen molar-refractivity contribution >= 4 is 29.5 Å². The Morgan fingerprint density at radius 3 is 2.30 bits per heavy atom. The predicted octanol–water partition coefficient (Wildman–Crippen LogP) is 3.22. The van der Waals surface area contributed by atoms with Crippen LogP contribution in [0.4, 0.5) is 5.69 Å². The summed E-state index contributed by atoms with van der Waals surface area (Å²) in [5, 5.41) is 8.09. The Kier molecular flexibility index (Phi) is 6.78. The molecule has 0 saturated carbocycles. The van der Waals surface area contributed by atoms with Crippen molar-refractivity contribution < 1.29 is 18.8 Å². The van der Waals surface area contributed by atoms with Crippen molar-refractivity contribution in [3.8, 4) is 0 Å². The fraction of sp³-hybridized carbons (Fsp3) is 0.0870. The van der Waals surface area contributed by atoms with Gasteiger partial charge < -0.3 is 20.4 Å². The van der Waals surface area contributed by atoms with Gasteiger partial charge in [-0.05, 0) is 53.6 Å². The molecule has 1 heterocycles. The minimum absolute atomic E-state index is 0.158. The van der Waals surface area contributed by atoms with Crippen LogP contribution in [0.25, 0.3) is 6.08 Å². The van der Waals surface area contributed by atoms with Gasteiger partial charge in [-0.15, -0.1) is 0 Å². The molecule has 0 spiro atoms. The van der Waals surface area contributed by atoms with Crippen LogP contribution < -0.4 is 16.0 Å². The van der Waals surface area contributed by atoms with E-state index in [1.165, 1.54) is 12.3 Å². The summed E-state index contributed by atoms with van der Waals surface area (Å²) in [5.41, 5.74) is 2.90. The van der Waals surface area contributed by atoms with Gasteiger partial charge in [0, 0.05) is 30.9 Å². The maximum Gasteiger partial charge on any atom is 0.291 e. The van der Waals surface area contributed by atoms with Crippen LogP contribution in [0.15, 0.2) is 77.4 Å². The zero-order valence-electron chi connectivity index (χ0n) is 16.3. The quantitative estimate of drug-likeness (QED) is 0.527. The van der Waals surface area contributed by atoms with Crippen molar-refractivity contribution in [2.45, 2.75) is 6.54 Å². The number of furan rings is 1. The lowest BCUT2D eigenvalue weighted by Gasteiger charge is -2.06. The summed E-state index contributed by atoms with van der Waals surface area (Å²) >= 11 is 0. The SMILES string of the molecule is CNC(=O)c1ccc(/C=C/C(=O)NCc2ccc(NC(=O)c3ccco3)cc2)cc1. The molecule has 0 radical (unpaired) electrons. The Morgan fingerprint density at radius 1 is 0.933 bits per heavy atom. The normalized spacial score (nSPS) is 10.6. The summed E-state index contributed by atoms with van der Waals surface area (Å²) in [6.45, 7) is 0.352. The van der Waals surface area contributed by atoms with E-state index in [2.05, 4.69) is 16.0 Å². The molecule has 3 rings (SSSR count). The molecule has 0 unspecified atom stereocenters. The second-order valence-electron chi connectivity index (χ2n) is 6.38. The zero-order valence-corrected chi connectivity index (χ0v) is 16.3. The summed E-state index contributed by atoms with van der Waals surface area (Å²) in [7, 11) is 1.57. The number of hydrogen-bond acceptors (Lipinski definition) is 4. The molecule has 7 nitrogen and oxygen atoms in total. The Labute approximate surface area is 173 Å². The Hall–Kier alpha value is -4.13. The maximum absolute atomic E-state index is 12.0. The van der Waals surface area contributed by atoms with Gasteiger partial charge in [0.1, 0.15) is 0 Å². The van der Waals surface area contributed by atoms with Crippen LogP contribution in [0.1, 0.15) is 32.0 Å². The van der Waals surface area contributed by atoms with E-state index in [0.29, 0.717) is 17.8 Å². The maximum atomic E-state index is 12.0. The standard InChI is InChI=1S/C23H21N3O4/c1-24-22(28)18-9-4-16(5-10-18)8-13-21(27)25-15-17-6-11-19(12-7-17)26-23(29)20-3-2-14-30-20/h2-14H,15H2,1H3,(H,24,28)(H,25,27)(H,26,29)/b13-8+. The number of carbonyl (C=O) groups is 3. The van der Waals surface area contributed by atoms with Gasteiger partial charge in [0.2, 0.25) is 5.91 Å². The number of anilines is 1. The van der Waals surface area contributed by atoms with E-state index < -0.39 is 0 Å². The second-order valence-corrected chi connectivity index (χ2v) is 6.38. The van der Waals surface area contributed by atoms with Crippen LogP contribution in [0.2, 0.25) is 0 Å². The fourth-order valence-electron chi connectivity index (χ4n) is 2.62. The number of amides is 3. The summed E-state index contributed by atoms with van der Waals surface area (Å²) in [6.07, 6.45) is 4.55. The van der Waals surface area contributed by atoms with Crippen LogP contribution in [0, 0.1) is 0 Å². The zero-order chi connectivity index (χ0) is 21.3. The molecule has 0 bridgehead atoms. The molecule has 2 aromatic carbocycles. The summed E-state index contributed by atoms with van der Waals surface area (Å²) in [5.74, 6) is -0.480. The molecule has 0 aliphatic carbocycles. The fourth-order valence-corrected chi connectivity index (χ4v) is 2.62. The van der Waals surface area contributed by atoms with Crippen molar-refractivity contribution in [3.05, 3.63) is 95.5 Å². The highest BCUT2D eigenvalue weighted by Gasteiger charge is 2.08. The second kappa shape index (κ2) is 9.88. The van der Waals surface area contributed by atoms with Crippen molar-refractivity contribution in [1.82, 2.24) is 10.6 Å². The van der Waals surface area contributed by atoms with E-state index in [9.17, 15) is 14.4 Å². The molecule has 1 aromatic heterocycles. The number of nitrogens with one attached hydrogen (secondary N) is 3. The summed E-state index contributed by atoms with van der Waals surface area (Å²) in [4.78, 5) is 35.5. The van der Waals surface area contributed by atoms with E-state index in [1.807, 2.05) is 12.1 Å². The third kappa shape index (κ3) is 5.68. The molecule has 0 saturated heterocycles. The number of benzene rings is 2. The molecule has 0 aliphatic heterocycles. The van der Waals surface area contributed by atoms with Crippen LogP contribution in [0.5, 0.6) is 0 Å². The molecule has 152 valence electrons. The highest BCUT2D eigenvalue weighted by atomic mass is 16.3. The highest BCUT2D eigenvalue weighted by Crippen LogP contribution is 2.12. The average molecular weight is 403 g/mol. The van der Waals surface area contributed by atoms with Gasteiger partial charge in [-0.2, -0.15) is 0 Å². The van der Waals surface area contributed by atoms with Gasteiger partial charge in [-0.3, -0.25) is 14.4 Å². The molecular formula is C23H21N3O4. The number of hydrogen-bond donors (Lipinski definition) is 3. The molecular weight excluding hydrogens is 382 g/mol. The molecule has 3 aromatic rings. The number of carbonyl (C=O) groups excluding carboxylic acids is 3. The first-order valence-corrected chi connectivity index (χ1v) is 9.27. The third-order valence-corrected chi connectivity index (χ3v) is 4.25. The smallest absolute Gasteiger partial charge is 0.291 e. The van der Waals surface area contributed by atoms with E-state index in [0.717, 1.165) is 11.1 Å². The lowest BCUT2D eigenvalue weighted by Crippen LogP contribution is -2.20. The topological polar surface area (TPSA) is 100 Å². The van der Waals surface area contributed by atoms with E-state index in [4.69, 9.17) is 4.42 Å². The Morgan fingerprint density at radius 2 is 1.67 bits per heavy atom.